The molecule has 0 spiro atoms. The fourth-order valence-electron chi connectivity index (χ4n) is 1.54. The zero-order chi connectivity index (χ0) is 15.7. The molecule has 0 aliphatic carbocycles. The second-order valence-corrected chi connectivity index (χ2v) is 7.31. The van der Waals surface area contributed by atoms with Gasteiger partial charge in [-0.2, -0.15) is 0 Å². The molecule has 0 aliphatic rings. The van der Waals surface area contributed by atoms with Gasteiger partial charge in [-0.1, -0.05) is 0 Å². The first kappa shape index (κ1) is 16.8. The van der Waals surface area contributed by atoms with E-state index in [9.17, 15) is 9.90 Å². The third-order valence-corrected chi connectivity index (χ3v) is 2.90. The third kappa shape index (κ3) is 5.04. The van der Waals surface area contributed by atoms with Crippen LogP contribution >= 0.6 is 15.9 Å². The molecule has 1 aromatic rings. The molecule has 0 saturated heterocycles. The fraction of sp³-hybridized carbons (Fsp3) is 0.533. The van der Waals surface area contributed by atoms with Crippen molar-refractivity contribution in [3.05, 3.63) is 22.2 Å². The van der Waals surface area contributed by atoms with E-state index in [-0.39, 0.29) is 5.56 Å². The molecule has 1 rings (SSSR count). The predicted octanol–water partition coefficient (Wildman–Crippen LogP) is 4.50. The van der Waals surface area contributed by atoms with Crippen LogP contribution < -0.4 is 9.47 Å². The van der Waals surface area contributed by atoms with Crippen LogP contribution in [0.3, 0.4) is 0 Å². The summed E-state index contributed by atoms with van der Waals surface area (Å²) in [5.74, 6) is -0.107. The Kier molecular flexibility index (Phi) is 4.74. The SMILES string of the molecule is CC(C)(C)Oc1cc(OC(C)(C)C)c(Br)c(C(=O)O)c1. The van der Waals surface area contributed by atoms with Gasteiger partial charge in [-0.15, -0.1) is 0 Å². The lowest BCUT2D eigenvalue weighted by Gasteiger charge is -2.25. The van der Waals surface area contributed by atoms with E-state index < -0.39 is 17.2 Å². The highest BCUT2D eigenvalue weighted by Crippen LogP contribution is 2.36. The van der Waals surface area contributed by atoms with Crippen molar-refractivity contribution in [1.29, 1.82) is 0 Å². The average molecular weight is 345 g/mol. The zero-order valence-electron chi connectivity index (χ0n) is 12.7. The highest BCUT2D eigenvalue weighted by Gasteiger charge is 2.22. The zero-order valence-corrected chi connectivity index (χ0v) is 14.3. The number of benzene rings is 1. The standard InChI is InChI=1S/C15H21BrO4/c1-14(2,3)19-9-7-10(13(17)18)12(16)11(8-9)20-15(4,5)6/h7-8H,1-6H3,(H,17,18). The molecule has 1 N–H and O–H groups in total. The average Bonchev–Trinajstić information content (AvgIpc) is 2.17. The smallest absolute Gasteiger partial charge is 0.337 e. The van der Waals surface area contributed by atoms with Crippen LogP contribution in [0.2, 0.25) is 0 Å². The van der Waals surface area contributed by atoms with Gasteiger partial charge in [0.25, 0.3) is 0 Å². The van der Waals surface area contributed by atoms with E-state index in [2.05, 4.69) is 15.9 Å². The van der Waals surface area contributed by atoms with E-state index in [0.29, 0.717) is 16.0 Å². The first-order valence-electron chi connectivity index (χ1n) is 6.34. The molecule has 5 heteroatoms. The molecular formula is C15H21BrO4. The van der Waals surface area contributed by atoms with E-state index in [1.807, 2.05) is 41.5 Å². The number of hydrogen-bond donors (Lipinski definition) is 1. The molecular weight excluding hydrogens is 324 g/mol. The molecule has 0 fully saturated rings. The number of halogens is 1. The molecule has 20 heavy (non-hydrogen) atoms. The summed E-state index contributed by atoms with van der Waals surface area (Å²) >= 11 is 3.29. The van der Waals surface area contributed by atoms with Crippen molar-refractivity contribution in [2.24, 2.45) is 0 Å². The van der Waals surface area contributed by atoms with E-state index >= 15 is 0 Å². The van der Waals surface area contributed by atoms with Gasteiger partial charge < -0.3 is 14.6 Å². The first-order chi connectivity index (χ1) is 8.89. The Bertz CT molecular complexity index is 510. The maximum atomic E-state index is 11.3. The summed E-state index contributed by atoms with van der Waals surface area (Å²) in [4.78, 5) is 11.3. The van der Waals surface area contributed by atoms with Crippen LogP contribution in [-0.2, 0) is 0 Å². The molecule has 4 nitrogen and oxygen atoms in total. The van der Waals surface area contributed by atoms with Crippen LogP contribution in [0, 0.1) is 0 Å². The van der Waals surface area contributed by atoms with Crippen molar-refractivity contribution in [1.82, 2.24) is 0 Å². The maximum Gasteiger partial charge on any atom is 0.337 e. The molecule has 0 radical (unpaired) electrons. The molecule has 0 aromatic heterocycles. The molecule has 0 amide bonds. The number of ether oxygens (including phenoxy) is 2. The summed E-state index contributed by atoms with van der Waals surface area (Å²) in [6.07, 6.45) is 0. The molecule has 0 unspecified atom stereocenters. The predicted molar refractivity (Wildman–Crippen MR) is 81.9 cm³/mol. The van der Waals surface area contributed by atoms with Gasteiger partial charge in [-0.05, 0) is 63.5 Å². The minimum absolute atomic E-state index is 0.117. The van der Waals surface area contributed by atoms with Crippen LogP contribution in [0.1, 0.15) is 51.9 Å². The van der Waals surface area contributed by atoms with Gasteiger partial charge in [-0.25, -0.2) is 4.79 Å². The highest BCUT2D eigenvalue weighted by atomic mass is 79.9. The van der Waals surface area contributed by atoms with Crippen LogP contribution in [0.15, 0.2) is 16.6 Å². The molecule has 112 valence electrons. The minimum atomic E-state index is -1.03. The largest absolute Gasteiger partial charge is 0.488 e. The van der Waals surface area contributed by atoms with E-state index in [4.69, 9.17) is 9.47 Å². The van der Waals surface area contributed by atoms with Crippen molar-refractivity contribution < 1.29 is 19.4 Å². The normalized spacial score (nSPS) is 12.2. The second-order valence-electron chi connectivity index (χ2n) is 6.52. The van der Waals surface area contributed by atoms with Gasteiger partial charge in [0.1, 0.15) is 22.7 Å². The minimum Gasteiger partial charge on any atom is -0.488 e. The number of hydrogen-bond acceptors (Lipinski definition) is 3. The summed E-state index contributed by atoms with van der Waals surface area (Å²) in [5.41, 5.74) is -0.729. The van der Waals surface area contributed by atoms with Gasteiger partial charge >= 0.3 is 5.97 Å². The maximum absolute atomic E-state index is 11.3. The Labute approximate surface area is 128 Å². The Balaban J connectivity index is 3.32. The Hall–Kier alpha value is -1.23. The van der Waals surface area contributed by atoms with Gasteiger partial charge in [0.15, 0.2) is 0 Å². The van der Waals surface area contributed by atoms with E-state index in [1.165, 1.54) is 6.07 Å². The Morgan fingerprint density at radius 2 is 1.55 bits per heavy atom. The Morgan fingerprint density at radius 3 is 1.95 bits per heavy atom. The van der Waals surface area contributed by atoms with E-state index in [0.717, 1.165) is 0 Å². The first-order valence-corrected chi connectivity index (χ1v) is 7.13. The lowest BCUT2D eigenvalue weighted by atomic mass is 10.1. The molecule has 0 atom stereocenters. The number of carboxylic acids is 1. The van der Waals surface area contributed by atoms with Gasteiger partial charge in [0.2, 0.25) is 0 Å². The van der Waals surface area contributed by atoms with Gasteiger partial charge in [0, 0.05) is 6.07 Å². The van der Waals surface area contributed by atoms with Crippen molar-refractivity contribution >= 4 is 21.9 Å². The topological polar surface area (TPSA) is 55.8 Å². The summed E-state index contributed by atoms with van der Waals surface area (Å²) in [6.45, 7) is 11.4. The van der Waals surface area contributed by atoms with Crippen LogP contribution in [0.25, 0.3) is 0 Å². The number of aromatic carboxylic acids is 1. The van der Waals surface area contributed by atoms with Crippen molar-refractivity contribution in [3.8, 4) is 11.5 Å². The number of carbonyl (C=O) groups is 1. The van der Waals surface area contributed by atoms with Gasteiger partial charge in [-0.3, -0.25) is 0 Å². The summed E-state index contributed by atoms with van der Waals surface area (Å²) in [6, 6.07) is 3.19. The highest BCUT2D eigenvalue weighted by molar-refractivity contribution is 9.10. The molecule has 0 heterocycles. The van der Waals surface area contributed by atoms with Crippen molar-refractivity contribution in [3.63, 3.8) is 0 Å². The Morgan fingerprint density at radius 1 is 1.05 bits per heavy atom. The monoisotopic (exact) mass is 344 g/mol. The molecule has 0 saturated carbocycles. The lowest BCUT2D eigenvalue weighted by molar-refractivity contribution is 0.0690. The quantitative estimate of drug-likeness (QED) is 0.876. The second kappa shape index (κ2) is 5.64. The van der Waals surface area contributed by atoms with Crippen molar-refractivity contribution in [2.45, 2.75) is 52.7 Å². The number of rotatable bonds is 3. The van der Waals surface area contributed by atoms with Crippen molar-refractivity contribution in [2.75, 3.05) is 0 Å². The summed E-state index contributed by atoms with van der Waals surface area (Å²) in [7, 11) is 0. The summed E-state index contributed by atoms with van der Waals surface area (Å²) in [5, 5.41) is 9.27. The third-order valence-electron chi connectivity index (χ3n) is 2.08. The molecule has 0 aliphatic heterocycles. The van der Waals surface area contributed by atoms with E-state index in [1.54, 1.807) is 6.07 Å². The van der Waals surface area contributed by atoms with Crippen LogP contribution in [0.4, 0.5) is 0 Å². The fourth-order valence-corrected chi connectivity index (χ4v) is 2.02. The number of carboxylic acid groups (broad SMARTS) is 1. The van der Waals surface area contributed by atoms with Gasteiger partial charge in [0.05, 0.1) is 10.0 Å². The van der Waals surface area contributed by atoms with Crippen LogP contribution in [0.5, 0.6) is 11.5 Å². The van der Waals surface area contributed by atoms with Crippen LogP contribution in [-0.4, -0.2) is 22.3 Å². The molecule has 1 aromatic carbocycles. The lowest BCUT2D eigenvalue weighted by Crippen LogP contribution is -2.25. The summed E-state index contributed by atoms with van der Waals surface area (Å²) < 4.78 is 11.9. The molecule has 0 bridgehead atoms.